The van der Waals surface area contributed by atoms with E-state index in [2.05, 4.69) is 10.6 Å². The number of carbonyl (C=O) groups excluding carboxylic acids is 1. The van der Waals surface area contributed by atoms with Gasteiger partial charge in [-0.15, -0.1) is 0 Å². The normalized spacial score (nSPS) is 11.4. The van der Waals surface area contributed by atoms with Crippen LogP contribution in [0.1, 0.15) is 20.3 Å². The maximum Gasteiger partial charge on any atom is 0.251 e. The molecule has 4 nitrogen and oxygen atoms in total. The fraction of sp³-hybridized carbons (Fsp3) is 0.889. The molecule has 0 saturated heterocycles. The Morgan fingerprint density at radius 3 is 2.46 bits per heavy atom. The number of hydrogen-bond acceptors (Lipinski definition) is 3. The average molecular weight is 188 g/mol. The number of hydrogen-bond donors (Lipinski definition) is 2. The summed E-state index contributed by atoms with van der Waals surface area (Å²) >= 11 is 0. The summed E-state index contributed by atoms with van der Waals surface area (Å²) in [5.74, 6) is -0.0638. The summed E-state index contributed by atoms with van der Waals surface area (Å²) in [4.78, 5) is 11.4. The van der Waals surface area contributed by atoms with Crippen molar-refractivity contribution < 1.29 is 9.53 Å². The van der Waals surface area contributed by atoms with Crippen LogP contribution in [0.25, 0.3) is 0 Å². The molecule has 0 aliphatic carbocycles. The van der Waals surface area contributed by atoms with Crippen LogP contribution in [0.5, 0.6) is 0 Å². The Balaban J connectivity index is 3.62. The summed E-state index contributed by atoms with van der Waals surface area (Å²) < 4.78 is 5.03. The first-order valence-electron chi connectivity index (χ1n) is 4.52. The second-order valence-corrected chi connectivity index (χ2v) is 3.43. The molecule has 0 atom stereocenters. The maximum atomic E-state index is 11.4. The topological polar surface area (TPSA) is 50.4 Å². The molecule has 0 rings (SSSR count). The first-order chi connectivity index (χ1) is 6.04. The van der Waals surface area contributed by atoms with Gasteiger partial charge in [0.25, 0.3) is 5.91 Å². The molecule has 0 spiro atoms. The summed E-state index contributed by atoms with van der Waals surface area (Å²) in [7, 11) is 3.42. The zero-order chi connectivity index (χ0) is 10.3. The molecule has 0 aromatic carbocycles. The number of rotatable bonds is 6. The molecule has 0 aromatic rings. The van der Waals surface area contributed by atoms with Gasteiger partial charge in [-0.05, 0) is 33.9 Å². The zero-order valence-corrected chi connectivity index (χ0v) is 8.94. The lowest BCUT2D eigenvalue weighted by Gasteiger charge is -2.21. The molecule has 1 amide bonds. The van der Waals surface area contributed by atoms with E-state index < -0.39 is 5.60 Å². The van der Waals surface area contributed by atoms with Gasteiger partial charge in [-0.25, -0.2) is 0 Å². The van der Waals surface area contributed by atoms with Crippen LogP contribution in [0.3, 0.4) is 0 Å². The highest BCUT2D eigenvalue weighted by Gasteiger charge is 2.25. The fourth-order valence-corrected chi connectivity index (χ4v) is 0.773. The number of amides is 1. The zero-order valence-electron chi connectivity index (χ0n) is 8.94. The molecule has 0 aliphatic rings. The van der Waals surface area contributed by atoms with Crippen molar-refractivity contribution in [1.29, 1.82) is 0 Å². The molecule has 0 heterocycles. The second-order valence-electron chi connectivity index (χ2n) is 3.43. The minimum absolute atomic E-state index is 0.0638. The summed E-state index contributed by atoms with van der Waals surface area (Å²) in [5.41, 5.74) is -0.723. The van der Waals surface area contributed by atoms with E-state index in [1.165, 1.54) is 7.11 Å². The number of carbonyl (C=O) groups is 1. The maximum absolute atomic E-state index is 11.4. The van der Waals surface area contributed by atoms with E-state index in [9.17, 15) is 4.79 Å². The molecular weight excluding hydrogens is 168 g/mol. The van der Waals surface area contributed by atoms with Crippen LogP contribution in [-0.2, 0) is 9.53 Å². The van der Waals surface area contributed by atoms with E-state index in [0.29, 0.717) is 6.54 Å². The van der Waals surface area contributed by atoms with Gasteiger partial charge >= 0.3 is 0 Å². The second kappa shape index (κ2) is 5.94. The quantitative estimate of drug-likeness (QED) is 0.583. The fourth-order valence-electron chi connectivity index (χ4n) is 0.773. The molecule has 0 aliphatic heterocycles. The summed E-state index contributed by atoms with van der Waals surface area (Å²) in [6, 6.07) is 0. The standard InChI is InChI=1S/C9H20N2O2/c1-9(2,13-4)8(12)11-7-5-6-10-3/h10H,5-7H2,1-4H3,(H,11,12). The van der Waals surface area contributed by atoms with Crippen molar-refractivity contribution in [3.05, 3.63) is 0 Å². The highest BCUT2D eigenvalue weighted by molar-refractivity contribution is 5.84. The van der Waals surface area contributed by atoms with Gasteiger partial charge in [0.05, 0.1) is 0 Å². The SMILES string of the molecule is CNCCCNC(=O)C(C)(C)OC. The third-order valence-corrected chi connectivity index (χ3v) is 1.95. The Kier molecular flexibility index (Phi) is 5.66. The van der Waals surface area contributed by atoms with E-state index in [-0.39, 0.29) is 5.91 Å². The van der Waals surface area contributed by atoms with Crippen molar-refractivity contribution in [1.82, 2.24) is 10.6 Å². The molecule has 0 fully saturated rings. The lowest BCUT2D eigenvalue weighted by atomic mass is 10.1. The summed E-state index contributed by atoms with van der Waals surface area (Å²) in [6.45, 7) is 5.10. The van der Waals surface area contributed by atoms with Crippen LogP contribution in [0, 0.1) is 0 Å². The Hall–Kier alpha value is -0.610. The largest absolute Gasteiger partial charge is 0.369 e. The van der Waals surface area contributed by atoms with E-state index in [0.717, 1.165) is 13.0 Å². The molecule has 0 unspecified atom stereocenters. The van der Waals surface area contributed by atoms with Crippen molar-refractivity contribution >= 4 is 5.91 Å². The third kappa shape index (κ3) is 4.85. The van der Waals surface area contributed by atoms with Gasteiger partial charge < -0.3 is 15.4 Å². The van der Waals surface area contributed by atoms with Gasteiger partial charge in [-0.3, -0.25) is 4.79 Å². The molecular formula is C9H20N2O2. The van der Waals surface area contributed by atoms with Crippen LogP contribution < -0.4 is 10.6 Å². The minimum atomic E-state index is -0.723. The van der Waals surface area contributed by atoms with Gasteiger partial charge in [-0.2, -0.15) is 0 Å². The number of methoxy groups -OCH3 is 1. The van der Waals surface area contributed by atoms with E-state index in [1.807, 2.05) is 7.05 Å². The van der Waals surface area contributed by atoms with Crippen LogP contribution in [0.15, 0.2) is 0 Å². The van der Waals surface area contributed by atoms with E-state index in [4.69, 9.17) is 4.74 Å². The number of ether oxygens (including phenoxy) is 1. The Labute approximate surface area is 80.0 Å². The first kappa shape index (κ1) is 12.4. The smallest absolute Gasteiger partial charge is 0.251 e. The number of nitrogens with one attached hydrogen (secondary N) is 2. The van der Waals surface area contributed by atoms with E-state index >= 15 is 0 Å². The predicted molar refractivity (Wildman–Crippen MR) is 52.6 cm³/mol. The monoisotopic (exact) mass is 188 g/mol. The average Bonchev–Trinajstić information content (AvgIpc) is 2.12. The van der Waals surface area contributed by atoms with E-state index in [1.54, 1.807) is 13.8 Å². The van der Waals surface area contributed by atoms with Gasteiger partial charge in [0, 0.05) is 13.7 Å². The van der Waals surface area contributed by atoms with Crippen molar-refractivity contribution in [3.63, 3.8) is 0 Å². The summed E-state index contributed by atoms with van der Waals surface area (Å²) in [6.07, 6.45) is 0.933. The molecule has 78 valence electrons. The van der Waals surface area contributed by atoms with Gasteiger partial charge in [0.1, 0.15) is 5.60 Å². The van der Waals surface area contributed by atoms with Crippen LogP contribution in [0.2, 0.25) is 0 Å². The Morgan fingerprint density at radius 2 is 2.00 bits per heavy atom. The van der Waals surface area contributed by atoms with Crippen LogP contribution in [-0.4, -0.2) is 38.8 Å². The van der Waals surface area contributed by atoms with Crippen molar-refractivity contribution in [3.8, 4) is 0 Å². The van der Waals surface area contributed by atoms with Crippen LogP contribution in [0.4, 0.5) is 0 Å². The van der Waals surface area contributed by atoms with Crippen molar-refractivity contribution in [2.75, 3.05) is 27.2 Å². The predicted octanol–water partition coefficient (Wildman–Crippen LogP) is 0.137. The van der Waals surface area contributed by atoms with Crippen LogP contribution >= 0.6 is 0 Å². The van der Waals surface area contributed by atoms with Gasteiger partial charge in [0.2, 0.25) is 0 Å². The highest BCUT2D eigenvalue weighted by atomic mass is 16.5. The molecule has 0 aromatic heterocycles. The molecule has 0 bridgehead atoms. The lowest BCUT2D eigenvalue weighted by molar-refractivity contribution is -0.139. The van der Waals surface area contributed by atoms with Crippen molar-refractivity contribution in [2.24, 2.45) is 0 Å². The first-order valence-corrected chi connectivity index (χ1v) is 4.52. The van der Waals surface area contributed by atoms with Gasteiger partial charge in [-0.1, -0.05) is 0 Å². The van der Waals surface area contributed by atoms with Crippen molar-refractivity contribution in [2.45, 2.75) is 25.9 Å². The highest BCUT2D eigenvalue weighted by Crippen LogP contribution is 2.06. The lowest BCUT2D eigenvalue weighted by Crippen LogP contribution is -2.44. The Bertz CT molecular complexity index is 158. The minimum Gasteiger partial charge on any atom is -0.369 e. The molecule has 0 radical (unpaired) electrons. The molecule has 13 heavy (non-hydrogen) atoms. The van der Waals surface area contributed by atoms with Gasteiger partial charge in [0.15, 0.2) is 0 Å². The molecule has 4 heteroatoms. The Morgan fingerprint density at radius 1 is 1.38 bits per heavy atom. The molecule has 2 N–H and O–H groups in total. The summed E-state index contributed by atoms with van der Waals surface area (Å²) in [5, 5.41) is 5.82. The third-order valence-electron chi connectivity index (χ3n) is 1.95. The molecule has 0 saturated carbocycles.